The second-order valence-corrected chi connectivity index (χ2v) is 4.29. The number of hydrogen-bond donors (Lipinski definition) is 2. The van der Waals surface area contributed by atoms with Gasteiger partial charge < -0.3 is 5.32 Å². The largest absolute Gasteiger partial charge is 0.326 e. The molecule has 0 aliphatic rings. The topological polar surface area (TPSA) is 66.9 Å². The number of hydrogen-bond acceptors (Lipinski definition) is 3. The van der Waals surface area contributed by atoms with Gasteiger partial charge in [-0.05, 0) is 40.8 Å². The summed E-state index contributed by atoms with van der Waals surface area (Å²) >= 11 is 2.15. The molecule has 0 aliphatic carbocycles. The van der Waals surface area contributed by atoms with Crippen LogP contribution >= 0.6 is 22.6 Å². The van der Waals surface area contributed by atoms with Gasteiger partial charge in [0.05, 0.1) is 5.69 Å². The van der Waals surface area contributed by atoms with Gasteiger partial charge in [-0.3, -0.25) is 5.32 Å². The van der Waals surface area contributed by atoms with Crippen molar-refractivity contribution in [3.63, 3.8) is 0 Å². The van der Waals surface area contributed by atoms with E-state index in [1.807, 2.05) is 24.3 Å². The number of nitrogens with zero attached hydrogens (tertiary/aromatic N) is 2. The molecule has 0 spiro atoms. The van der Waals surface area contributed by atoms with E-state index in [9.17, 15) is 4.79 Å². The smallest absolute Gasteiger partial charge is 0.307 e. The molecule has 1 aromatic heterocycles. The van der Waals surface area contributed by atoms with Gasteiger partial charge in [0, 0.05) is 16.0 Å². The molecule has 2 rings (SSSR count). The highest BCUT2D eigenvalue weighted by Crippen LogP contribution is 2.16. The molecule has 2 N–H and O–H groups in total. The summed E-state index contributed by atoms with van der Waals surface area (Å²) in [5, 5.41) is 5.26. The summed E-state index contributed by atoms with van der Waals surface area (Å²) in [4.78, 5) is 19.4. The van der Waals surface area contributed by atoms with Gasteiger partial charge in [-0.2, -0.15) is 0 Å². The van der Waals surface area contributed by atoms with Crippen LogP contribution in [0.2, 0.25) is 0 Å². The number of rotatable bonds is 2. The predicted octanol–water partition coefficient (Wildman–Crippen LogP) is 2.73. The summed E-state index contributed by atoms with van der Waals surface area (Å²) in [6.45, 7) is 0. The second-order valence-electron chi connectivity index (χ2n) is 3.13. The first kappa shape index (κ1) is 11.8. The SMILES string of the molecule is O=C(Nc1ncccn1)Nc1ccccc1I. The monoisotopic (exact) mass is 340 g/mol. The third-order valence-electron chi connectivity index (χ3n) is 1.91. The summed E-state index contributed by atoms with van der Waals surface area (Å²) in [6, 6.07) is 8.83. The van der Waals surface area contributed by atoms with Crippen LogP contribution in [0.4, 0.5) is 16.4 Å². The molecule has 86 valence electrons. The van der Waals surface area contributed by atoms with E-state index in [0.29, 0.717) is 0 Å². The molecule has 0 unspecified atom stereocenters. The number of aromatic nitrogens is 2. The molecule has 0 bridgehead atoms. The number of nitrogens with one attached hydrogen (secondary N) is 2. The fourth-order valence-corrected chi connectivity index (χ4v) is 1.70. The highest BCUT2D eigenvalue weighted by molar-refractivity contribution is 14.1. The third kappa shape index (κ3) is 3.38. The standard InChI is InChI=1S/C11H9IN4O/c12-8-4-1-2-5-9(8)15-11(17)16-10-13-6-3-7-14-10/h1-7H,(H2,13,14,15,16,17). The van der Waals surface area contributed by atoms with Crippen LogP contribution in [0.5, 0.6) is 0 Å². The van der Waals surface area contributed by atoms with Crippen molar-refractivity contribution in [2.24, 2.45) is 0 Å². The first-order valence-electron chi connectivity index (χ1n) is 4.85. The Morgan fingerprint density at radius 1 is 1.06 bits per heavy atom. The lowest BCUT2D eigenvalue weighted by atomic mass is 10.3. The van der Waals surface area contributed by atoms with Gasteiger partial charge in [0.1, 0.15) is 0 Å². The lowest BCUT2D eigenvalue weighted by Gasteiger charge is -2.07. The Hall–Kier alpha value is -1.70. The number of para-hydroxylation sites is 1. The first-order chi connectivity index (χ1) is 8.25. The van der Waals surface area contributed by atoms with Crippen LogP contribution in [0.25, 0.3) is 0 Å². The number of anilines is 2. The molecule has 0 saturated heterocycles. The van der Waals surface area contributed by atoms with Crippen LogP contribution in [-0.2, 0) is 0 Å². The molecule has 0 atom stereocenters. The summed E-state index contributed by atoms with van der Waals surface area (Å²) < 4.78 is 0.967. The number of benzene rings is 1. The summed E-state index contributed by atoms with van der Waals surface area (Å²) in [7, 11) is 0. The highest BCUT2D eigenvalue weighted by Gasteiger charge is 2.05. The Morgan fingerprint density at radius 3 is 2.47 bits per heavy atom. The van der Waals surface area contributed by atoms with Crippen LogP contribution in [0, 0.1) is 3.57 Å². The van der Waals surface area contributed by atoms with E-state index in [2.05, 4.69) is 43.2 Å². The van der Waals surface area contributed by atoms with Crippen LogP contribution in [0.15, 0.2) is 42.7 Å². The molecule has 0 aliphatic heterocycles. The van der Waals surface area contributed by atoms with Gasteiger partial charge in [0.15, 0.2) is 0 Å². The predicted molar refractivity (Wildman–Crippen MR) is 73.8 cm³/mol. The van der Waals surface area contributed by atoms with Gasteiger partial charge in [-0.15, -0.1) is 0 Å². The number of carbonyl (C=O) groups excluding carboxylic acids is 1. The molecular weight excluding hydrogens is 331 g/mol. The molecular formula is C11H9IN4O. The van der Waals surface area contributed by atoms with Crippen molar-refractivity contribution in [1.29, 1.82) is 0 Å². The fourth-order valence-electron chi connectivity index (χ4n) is 1.18. The average molecular weight is 340 g/mol. The second kappa shape index (κ2) is 5.58. The van der Waals surface area contributed by atoms with E-state index >= 15 is 0 Å². The summed E-state index contributed by atoms with van der Waals surface area (Å²) in [6.07, 6.45) is 3.13. The molecule has 17 heavy (non-hydrogen) atoms. The average Bonchev–Trinajstić information content (AvgIpc) is 2.33. The molecule has 0 fully saturated rings. The van der Waals surface area contributed by atoms with E-state index in [1.54, 1.807) is 18.5 Å². The number of urea groups is 1. The Balaban J connectivity index is 2.01. The molecule has 5 nitrogen and oxygen atoms in total. The van der Waals surface area contributed by atoms with Crippen molar-refractivity contribution in [1.82, 2.24) is 9.97 Å². The minimum Gasteiger partial charge on any atom is -0.307 e. The van der Waals surface area contributed by atoms with Crippen LogP contribution in [-0.4, -0.2) is 16.0 Å². The maximum atomic E-state index is 11.6. The Morgan fingerprint density at radius 2 is 1.76 bits per heavy atom. The van der Waals surface area contributed by atoms with Gasteiger partial charge in [0.25, 0.3) is 0 Å². The zero-order valence-electron chi connectivity index (χ0n) is 8.72. The van der Waals surface area contributed by atoms with Gasteiger partial charge >= 0.3 is 6.03 Å². The fraction of sp³-hybridized carbons (Fsp3) is 0. The van der Waals surface area contributed by atoms with E-state index < -0.39 is 0 Å². The summed E-state index contributed by atoms with van der Waals surface area (Å²) in [5.74, 6) is 0.274. The lowest BCUT2D eigenvalue weighted by molar-refractivity contribution is 0.262. The number of carbonyl (C=O) groups is 1. The van der Waals surface area contributed by atoms with E-state index in [4.69, 9.17) is 0 Å². The van der Waals surface area contributed by atoms with Crippen molar-refractivity contribution in [2.45, 2.75) is 0 Å². The minimum absolute atomic E-state index is 0.274. The Bertz CT molecular complexity index is 518. The maximum Gasteiger partial charge on any atom is 0.326 e. The van der Waals surface area contributed by atoms with Gasteiger partial charge in [0.2, 0.25) is 5.95 Å². The molecule has 2 aromatic rings. The molecule has 6 heteroatoms. The van der Waals surface area contributed by atoms with Crippen molar-refractivity contribution >= 4 is 40.3 Å². The zero-order chi connectivity index (χ0) is 12.1. The zero-order valence-corrected chi connectivity index (χ0v) is 10.9. The van der Waals surface area contributed by atoms with Crippen molar-refractivity contribution < 1.29 is 4.79 Å². The normalized spacial score (nSPS) is 9.71. The van der Waals surface area contributed by atoms with Crippen LogP contribution in [0.3, 0.4) is 0 Å². The van der Waals surface area contributed by atoms with E-state index in [1.165, 1.54) is 0 Å². The molecule has 0 saturated carbocycles. The third-order valence-corrected chi connectivity index (χ3v) is 2.85. The minimum atomic E-state index is -0.361. The van der Waals surface area contributed by atoms with Crippen molar-refractivity contribution in [3.05, 3.63) is 46.3 Å². The highest BCUT2D eigenvalue weighted by atomic mass is 127. The maximum absolute atomic E-state index is 11.6. The van der Waals surface area contributed by atoms with Crippen LogP contribution < -0.4 is 10.6 Å². The quantitative estimate of drug-likeness (QED) is 0.826. The Kier molecular flexibility index (Phi) is 3.86. The van der Waals surface area contributed by atoms with E-state index in [0.717, 1.165) is 9.26 Å². The molecule has 0 radical (unpaired) electrons. The first-order valence-corrected chi connectivity index (χ1v) is 5.93. The van der Waals surface area contributed by atoms with Crippen LogP contribution in [0.1, 0.15) is 0 Å². The summed E-state index contributed by atoms with van der Waals surface area (Å²) in [5.41, 5.74) is 0.751. The molecule has 2 amide bonds. The molecule has 1 heterocycles. The van der Waals surface area contributed by atoms with Gasteiger partial charge in [-0.1, -0.05) is 12.1 Å². The van der Waals surface area contributed by atoms with Crippen molar-refractivity contribution in [2.75, 3.05) is 10.6 Å². The number of amides is 2. The Labute approximate surface area is 112 Å². The lowest BCUT2D eigenvalue weighted by Crippen LogP contribution is -2.21. The van der Waals surface area contributed by atoms with Gasteiger partial charge in [-0.25, -0.2) is 14.8 Å². The van der Waals surface area contributed by atoms with E-state index in [-0.39, 0.29) is 12.0 Å². The number of halogens is 1. The van der Waals surface area contributed by atoms with Crippen molar-refractivity contribution in [3.8, 4) is 0 Å². The molecule has 1 aromatic carbocycles.